The molecule has 204 valence electrons. The van der Waals surface area contributed by atoms with Crippen LogP contribution in [0.1, 0.15) is 136 Å². The van der Waals surface area contributed by atoms with Crippen LogP contribution in [0.5, 0.6) is 0 Å². The molecule has 0 rings (SSSR count). The summed E-state index contributed by atoms with van der Waals surface area (Å²) in [5.41, 5.74) is 0. The van der Waals surface area contributed by atoms with Gasteiger partial charge in [0.05, 0.1) is 18.8 Å². The van der Waals surface area contributed by atoms with Gasteiger partial charge in [-0.25, -0.2) is 0 Å². The molecule has 0 saturated heterocycles. The highest BCUT2D eigenvalue weighted by molar-refractivity contribution is 5.76. The van der Waals surface area contributed by atoms with Gasteiger partial charge in [0, 0.05) is 6.42 Å². The molecule has 0 aliphatic heterocycles. The maximum atomic E-state index is 12.1. The molecular formula is C31H57NO3. The lowest BCUT2D eigenvalue weighted by molar-refractivity contribution is -0.123. The van der Waals surface area contributed by atoms with Crippen LogP contribution in [-0.2, 0) is 4.79 Å². The standard InChI is InChI=1S/C31H57NO3/c1-3-5-7-9-10-11-12-13-14-15-16-17-18-19-20-21-22-23-25-27-31(35)32-29(28-33)30(34)26-24-8-6-4-2/h10-11,13-14,16-17,29-30,33-34H,3-9,12,15,18-28H2,1-2H3,(H,32,35)/b11-10-,14-13-,17-16-. The van der Waals surface area contributed by atoms with Gasteiger partial charge in [-0.1, -0.05) is 115 Å². The van der Waals surface area contributed by atoms with Crippen LogP contribution >= 0.6 is 0 Å². The van der Waals surface area contributed by atoms with Crippen molar-refractivity contribution in [2.24, 2.45) is 0 Å². The van der Waals surface area contributed by atoms with Gasteiger partial charge in [-0.05, 0) is 51.4 Å². The van der Waals surface area contributed by atoms with Crippen LogP contribution in [0.4, 0.5) is 0 Å². The SMILES string of the molecule is CCCCC/C=C\C/C=C\C/C=C\CCCCCCCCC(=O)NC(CO)C(O)CCCCCC. The summed E-state index contributed by atoms with van der Waals surface area (Å²) in [7, 11) is 0. The van der Waals surface area contributed by atoms with Crippen molar-refractivity contribution in [3.63, 3.8) is 0 Å². The van der Waals surface area contributed by atoms with Crippen LogP contribution < -0.4 is 5.32 Å². The Morgan fingerprint density at radius 3 is 1.77 bits per heavy atom. The third-order valence-electron chi connectivity index (χ3n) is 6.40. The fourth-order valence-electron chi connectivity index (χ4n) is 4.07. The molecule has 2 unspecified atom stereocenters. The molecule has 0 aliphatic rings. The van der Waals surface area contributed by atoms with Crippen molar-refractivity contribution < 1.29 is 15.0 Å². The Morgan fingerprint density at radius 1 is 0.686 bits per heavy atom. The number of carbonyl (C=O) groups excluding carboxylic acids is 1. The maximum Gasteiger partial charge on any atom is 0.220 e. The Labute approximate surface area is 217 Å². The zero-order chi connectivity index (χ0) is 25.8. The smallest absolute Gasteiger partial charge is 0.220 e. The summed E-state index contributed by atoms with van der Waals surface area (Å²) in [6.07, 6.45) is 33.6. The Hall–Kier alpha value is -1.39. The van der Waals surface area contributed by atoms with Crippen molar-refractivity contribution in [2.45, 2.75) is 148 Å². The van der Waals surface area contributed by atoms with E-state index in [4.69, 9.17) is 0 Å². The molecule has 3 N–H and O–H groups in total. The van der Waals surface area contributed by atoms with Gasteiger partial charge in [0.1, 0.15) is 0 Å². The summed E-state index contributed by atoms with van der Waals surface area (Å²) in [5, 5.41) is 22.5. The van der Waals surface area contributed by atoms with Gasteiger partial charge in [0.15, 0.2) is 0 Å². The number of unbranched alkanes of at least 4 members (excludes halogenated alkanes) is 12. The largest absolute Gasteiger partial charge is 0.394 e. The monoisotopic (exact) mass is 491 g/mol. The van der Waals surface area contributed by atoms with E-state index < -0.39 is 12.1 Å². The Morgan fingerprint density at radius 2 is 1.17 bits per heavy atom. The summed E-state index contributed by atoms with van der Waals surface area (Å²) < 4.78 is 0. The van der Waals surface area contributed by atoms with E-state index in [0.29, 0.717) is 12.8 Å². The molecule has 4 heteroatoms. The number of aliphatic hydroxyl groups excluding tert-OH is 2. The average Bonchev–Trinajstić information content (AvgIpc) is 2.86. The summed E-state index contributed by atoms with van der Waals surface area (Å²) in [6.45, 7) is 4.19. The van der Waals surface area contributed by atoms with Crippen molar-refractivity contribution in [2.75, 3.05) is 6.61 Å². The zero-order valence-electron chi connectivity index (χ0n) is 23.1. The quantitative estimate of drug-likeness (QED) is 0.0896. The summed E-state index contributed by atoms with van der Waals surface area (Å²) in [6, 6.07) is -0.537. The molecular weight excluding hydrogens is 434 g/mol. The lowest BCUT2D eigenvalue weighted by Crippen LogP contribution is -2.45. The van der Waals surface area contributed by atoms with Crippen LogP contribution in [0.3, 0.4) is 0 Å². The first-order valence-electron chi connectivity index (χ1n) is 14.7. The normalized spacial score (nSPS) is 13.8. The number of rotatable bonds is 25. The van der Waals surface area contributed by atoms with Crippen molar-refractivity contribution in [1.29, 1.82) is 0 Å². The summed E-state index contributed by atoms with van der Waals surface area (Å²) >= 11 is 0. The highest BCUT2D eigenvalue weighted by Gasteiger charge is 2.19. The number of carbonyl (C=O) groups is 1. The second-order valence-corrected chi connectivity index (χ2v) is 9.81. The molecule has 0 fully saturated rings. The minimum Gasteiger partial charge on any atom is -0.394 e. The second kappa shape index (κ2) is 27.2. The van der Waals surface area contributed by atoms with Crippen LogP contribution in [0.25, 0.3) is 0 Å². The van der Waals surface area contributed by atoms with Crippen LogP contribution in [-0.4, -0.2) is 34.9 Å². The molecule has 1 amide bonds. The second-order valence-electron chi connectivity index (χ2n) is 9.81. The number of hydrogen-bond acceptors (Lipinski definition) is 3. The molecule has 2 atom stereocenters. The van der Waals surface area contributed by atoms with Crippen LogP contribution in [0.15, 0.2) is 36.5 Å². The van der Waals surface area contributed by atoms with E-state index in [1.165, 1.54) is 44.9 Å². The zero-order valence-corrected chi connectivity index (χ0v) is 23.1. The van der Waals surface area contributed by atoms with Gasteiger partial charge in [-0.15, -0.1) is 0 Å². The number of allylic oxidation sites excluding steroid dienone is 6. The molecule has 0 aromatic heterocycles. The minimum atomic E-state index is -0.659. The van der Waals surface area contributed by atoms with Gasteiger partial charge >= 0.3 is 0 Å². The first kappa shape index (κ1) is 33.6. The fraction of sp³-hybridized carbons (Fsp3) is 0.774. The minimum absolute atomic E-state index is 0.0566. The third-order valence-corrected chi connectivity index (χ3v) is 6.40. The topological polar surface area (TPSA) is 69.6 Å². The Kier molecular flexibility index (Phi) is 26.1. The molecule has 0 bridgehead atoms. The molecule has 0 radical (unpaired) electrons. The van der Waals surface area contributed by atoms with E-state index in [-0.39, 0.29) is 12.5 Å². The molecule has 0 spiro atoms. The van der Waals surface area contributed by atoms with Crippen molar-refractivity contribution in [1.82, 2.24) is 5.32 Å². The van der Waals surface area contributed by atoms with Crippen LogP contribution in [0, 0.1) is 0 Å². The van der Waals surface area contributed by atoms with Gasteiger partial charge in [-0.2, -0.15) is 0 Å². The van der Waals surface area contributed by atoms with Crippen molar-refractivity contribution >= 4 is 5.91 Å². The lowest BCUT2D eigenvalue weighted by Gasteiger charge is -2.22. The molecule has 35 heavy (non-hydrogen) atoms. The predicted octanol–water partition coefficient (Wildman–Crippen LogP) is 7.94. The molecule has 0 heterocycles. The number of nitrogens with one attached hydrogen (secondary N) is 1. The lowest BCUT2D eigenvalue weighted by atomic mass is 10.0. The fourth-order valence-corrected chi connectivity index (χ4v) is 4.07. The number of amides is 1. The molecule has 0 aromatic carbocycles. The van der Waals surface area contributed by atoms with Gasteiger partial charge in [-0.3, -0.25) is 4.79 Å². The molecule has 0 saturated carbocycles. The average molecular weight is 492 g/mol. The highest BCUT2D eigenvalue weighted by Crippen LogP contribution is 2.11. The van der Waals surface area contributed by atoms with E-state index >= 15 is 0 Å². The summed E-state index contributed by atoms with van der Waals surface area (Å²) in [5.74, 6) is -0.0566. The molecule has 0 aromatic rings. The van der Waals surface area contributed by atoms with Crippen molar-refractivity contribution in [3.8, 4) is 0 Å². The van der Waals surface area contributed by atoms with Crippen molar-refractivity contribution in [3.05, 3.63) is 36.5 Å². The number of hydrogen-bond donors (Lipinski definition) is 3. The molecule has 4 nitrogen and oxygen atoms in total. The van der Waals surface area contributed by atoms with Crippen LogP contribution in [0.2, 0.25) is 0 Å². The summed E-state index contributed by atoms with van der Waals surface area (Å²) in [4.78, 5) is 12.1. The predicted molar refractivity (Wildman–Crippen MR) is 152 cm³/mol. The Bertz CT molecular complexity index is 541. The molecule has 0 aliphatic carbocycles. The first-order valence-corrected chi connectivity index (χ1v) is 14.7. The van der Waals surface area contributed by atoms with Gasteiger partial charge in [0.2, 0.25) is 5.91 Å². The number of aliphatic hydroxyl groups is 2. The van der Waals surface area contributed by atoms with E-state index in [1.807, 2.05) is 0 Å². The first-order chi connectivity index (χ1) is 17.2. The third kappa shape index (κ3) is 24.1. The van der Waals surface area contributed by atoms with E-state index in [1.54, 1.807) is 0 Å². The Balaban J connectivity index is 3.58. The van der Waals surface area contributed by atoms with E-state index in [2.05, 4.69) is 55.6 Å². The van der Waals surface area contributed by atoms with E-state index in [9.17, 15) is 15.0 Å². The van der Waals surface area contributed by atoms with Gasteiger partial charge in [0.25, 0.3) is 0 Å². The maximum absolute atomic E-state index is 12.1. The van der Waals surface area contributed by atoms with Gasteiger partial charge < -0.3 is 15.5 Å². The van der Waals surface area contributed by atoms with E-state index in [0.717, 1.165) is 64.2 Å². The highest BCUT2D eigenvalue weighted by atomic mass is 16.3.